The molecule has 0 amide bonds. The molecule has 0 saturated carbocycles. The van der Waals surface area contributed by atoms with Crippen LogP contribution in [0.4, 0.5) is 10.7 Å². The standard InChI is InChI=1S/C14H16ClN5O3/c1-22-14(21)23-6-5-8-3-2-4-9(8)20-7-17-10-11(15)18-13(16)19-12(10)20/h2,4,7-9H,3,5-6H2,1H3,(H2,16,18,19)/t8-,9-/m1/s1. The van der Waals surface area contributed by atoms with Crippen molar-refractivity contribution < 1.29 is 14.3 Å². The van der Waals surface area contributed by atoms with Crippen LogP contribution >= 0.6 is 11.6 Å². The molecule has 2 aromatic heterocycles. The van der Waals surface area contributed by atoms with Crippen LogP contribution in [0.15, 0.2) is 18.5 Å². The highest BCUT2D eigenvalue weighted by Crippen LogP contribution is 2.35. The highest BCUT2D eigenvalue weighted by molar-refractivity contribution is 6.33. The van der Waals surface area contributed by atoms with Crippen molar-refractivity contribution in [2.45, 2.75) is 18.9 Å². The molecule has 23 heavy (non-hydrogen) atoms. The molecule has 0 fully saturated rings. The zero-order valence-corrected chi connectivity index (χ0v) is 13.2. The van der Waals surface area contributed by atoms with Gasteiger partial charge in [0.2, 0.25) is 5.95 Å². The van der Waals surface area contributed by atoms with Gasteiger partial charge in [-0.1, -0.05) is 23.8 Å². The number of carbonyl (C=O) groups is 1. The highest BCUT2D eigenvalue weighted by Gasteiger charge is 2.27. The molecule has 2 heterocycles. The van der Waals surface area contributed by atoms with E-state index in [1.807, 2.05) is 4.57 Å². The predicted molar refractivity (Wildman–Crippen MR) is 84.0 cm³/mol. The molecule has 9 heteroatoms. The number of methoxy groups -OCH3 is 1. The quantitative estimate of drug-likeness (QED) is 0.518. The van der Waals surface area contributed by atoms with E-state index in [4.69, 9.17) is 22.1 Å². The lowest BCUT2D eigenvalue weighted by atomic mass is 9.99. The summed E-state index contributed by atoms with van der Waals surface area (Å²) >= 11 is 6.06. The number of nitrogens with two attached hydrogens (primary N) is 1. The van der Waals surface area contributed by atoms with E-state index in [1.165, 1.54) is 7.11 Å². The van der Waals surface area contributed by atoms with Crippen molar-refractivity contribution in [3.63, 3.8) is 0 Å². The van der Waals surface area contributed by atoms with Crippen molar-refractivity contribution in [1.29, 1.82) is 0 Å². The summed E-state index contributed by atoms with van der Waals surface area (Å²) in [6.07, 6.45) is 6.75. The van der Waals surface area contributed by atoms with Crippen molar-refractivity contribution in [3.05, 3.63) is 23.6 Å². The van der Waals surface area contributed by atoms with Crippen LogP contribution in [0.2, 0.25) is 5.15 Å². The number of aromatic nitrogens is 4. The van der Waals surface area contributed by atoms with E-state index in [9.17, 15) is 4.79 Å². The summed E-state index contributed by atoms with van der Waals surface area (Å²) in [6.45, 7) is 0.292. The zero-order chi connectivity index (χ0) is 16.4. The third kappa shape index (κ3) is 3.07. The molecule has 0 unspecified atom stereocenters. The Bertz CT molecular complexity index is 760. The average molecular weight is 338 g/mol. The molecule has 0 radical (unpaired) electrons. The van der Waals surface area contributed by atoms with Crippen LogP contribution in [-0.2, 0) is 9.47 Å². The van der Waals surface area contributed by atoms with E-state index >= 15 is 0 Å². The smallest absolute Gasteiger partial charge is 0.438 e. The number of nitrogens with zero attached hydrogens (tertiary/aromatic N) is 4. The van der Waals surface area contributed by atoms with E-state index in [1.54, 1.807) is 6.33 Å². The number of ether oxygens (including phenoxy) is 2. The van der Waals surface area contributed by atoms with E-state index in [0.29, 0.717) is 24.2 Å². The predicted octanol–water partition coefficient (Wildman–Crippen LogP) is 2.35. The molecule has 0 aliphatic heterocycles. The lowest BCUT2D eigenvalue weighted by Crippen LogP contribution is -2.17. The van der Waals surface area contributed by atoms with Gasteiger partial charge in [0.15, 0.2) is 10.8 Å². The summed E-state index contributed by atoms with van der Waals surface area (Å²) in [5, 5.41) is 0.235. The normalized spacial score (nSPS) is 20.1. The first-order valence-electron chi connectivity index (χ1n) is 7.13. The molecule has 0 aromatic carbocycles. The van der Waals surface area contributed by atoms with Gasteiger partial charge in [0.1, 0.15) is 5.52 Å². The zero-order valence-electron chi connectivity index (χ0n) is 12.5. The topological polar surface area (TPSA) is 105 Å². The number of halogens is 1. The molecule has 1 aliphatic carbocycles. The van der Waals surface area contributed by atoms with E-state index in [-0.39, 0.29) is 23.1 Å². The number of imidazole rings is 1. The Hall–Kier alpha value is -2.35. The molecule has 8 nitrogen and oxygen atoms in total. The van der Waals surface area contributed by atoms with Gasteiger partial charge < -0.3 is 19.8 Å². The molecule has 122 valence electrons. The maximum Gasteiger partial charge on any atom is 0.507 e. The summed E-state index contributed by atoms with van der Waals surface area (Å²) in [6, 6.07) is 0.0478. The Morgan fingerprint density at radius 2 is 2.35 bits per heavy atom. The van der Waals surface area contributed by atoms with Gasteiger partial charge in [-0.2, -0.15) is 9.97 Å². The van der Waals surface area contributed by atoms with Gasteiger partial charge in [-0.15, -0.1) is 0 Å². The first-order valence-corrected chi connectivity index (χ1v) is 7.51. The Balaban J connectivity index is 1.80. The van der Waals surface area contributed by atoms with E-state index < -0.39 is 6.16 Å². The SMILES string of the molecule is COC(=O)OCC[C@H]1CC=C[C@H]1n1cnc2c(Cl)nc(N)nc21. The maximum absolute atomic E-state index is 11.0. The van der Waals surface area contributed by atoms with Gasteiger partial charge in [0.25, 0.3) is 0 Å². The number of hydrogen-bond donors (Lipinski definition) is 1. The minimum Gasteiger partial charge on any atom is -0.438 e. The summed E-state index contributed by atoms with van der Waals surface area (Å²) in [5.41, 5.74) is 6.79. The highest BCUT2D eigenvalue weighted by atomic mass is 35.5. The molecule has 0 bridgehead atoms. The molecule has 3 rings (SSSR count). The molecule has 0 spiro atoms. The number of anilines is 1. The van der Waals surface area contributed by atoms with Crippen LogP contribution in [0.5, 0.6) is 0 Å². The van der Waals surface area contributed by atoms with Gasteiger partial charge in [-0.25, -0.2) is 9.78 Å². The largest absolute Gasteiger partial charge is 0.507 e. The second-order valence-corrected chi connectivity index (χ2v) is 5.56. The number of carbonyl (C=O) groups excluding carboxylic acids is 1. The van der Waals surface area contributed by atoms with Gasteiger partial charge in [-0.05, 0) is 18.8 Å². The van der Waals surface area contributed by atoms with Crippen molar-refractivity contribution >= 4 is 34.9 Å². The molecule has 2 aromatic rings. The number of allylic oxidation sites excluding steroid dienone is 2. The Morgan fingerprint density at radius 3 is 3.13 bits per heavy atom. The summed E-state index contributed by atoms with van der Waals surface area (Å²) in [5.74, 6) is 0.365. The number of rotatable bonds is 4. The summed E-state index contributed by atoms with van der Waals surface area (Å²) in [7, 11) is 1.29. The lowest BCUT2D eigenvalue weighted by Gasteiger charge is -2.20. The number of hydrogen-bond acceptors (Lipinski definition) is 7. The first kappa shape index (κ1) is 15.5. The second-order valence-electron chi connectivity index (χ2n) is 5.20. The van der Waals surface area contributed by atoms with Crippen LogP contribution < -0.4 is 5.73 Å². The Labute approximate surface area is 137 Å². The molecule has 0 saturated heterocycles. The second kappa shape index (κ2) is 6.41. The fourth-order valence-electron chi connectivity index (χ4n) is 2.77. The van der Waals surface area contributed by atoms with Crippen molar-refractivity contribution in [1.82, 2.24) is 19.5 Å². The molecule has 2 N–H and O–H groups in total. The van der Waals surface area contributed by atoms with Gasteiger partial charge >= 0.3 is 6.16 Å². The average Bonchev–Trinajstić information content (AvgIpc) is 3.13. The maximum atomic E-state index is 11.0. The molecular formula is C14H16ClN5O3. The third-order valence-corrected chi connectivity index (χ3v) is 4.11. The van der Waals surface area contributed by atoms with Crippen LogP contribution in [0.25, 0.3) is 11.2 Å². The van der Waals surface area contributed by atoms with Crippen molar-refractivity contribution in [3.8, 4) is 0 Å². The fraction of sp³-hybridized carbons (Fsp3) is 0.429. The van der Waals surface area contributed by atoms with Gasteiger partial charge in [-0.3, -0.25) is 0 Å². The molecule has 2 atom stereocenters. The summed E-state index contributed by atoms with van der Waals surface area (Å²) in [4.78, 5) is 23.4. The molecule has 1 aliphatic rings. The third-order valence-electron chi connectivity index (χ3n) is 3.85. The first-order chi connectivity index (χ1) is 11.1. The van der Waals surface area contributed by atoms with Crippen LogP contribution in [0.3, 0.4) is 0 Å². The van der Waals surface area contributed by atoms with Crippen LogP contribution in [0, 0.1) is 5.92 Å². The van der Waals surface area contributed by atoms with Crippen LogP contribution in [-0.4, -0.2) is 39.4 Å². The number of nitrogen functional groups attached to an aromatic ring is 1. The minimum atomic E-state index is -0.673. The molecular weight excluding hydrogens is 322 g/mol. The van der Waals surface area contributed by atoms with Crippen molar-refractivity contribution in [2.24, 2.45) is 5.92 Å². The number of fused-ring (bicyclic) bond motifs is 1. The van der Waals surface area contributed by atoms with Crippen LogP contribution in [0.1, 0.15) is 18.9 Å². The van der Waals surface area contributed by atoms with Gasteiger partial charge in [0, 0.05) is 0 Å². The minimum absolute atomic E-state index is 0.0478. The lowest BCUT2D eigenvalue weighted by molar-refractivity contribution is 0.0672. The summed E-state index contributed by atoms with van der Waals surface area (Å²) < 4.78 is 11.3. The Morgan fingerprint density at radius 1 is 1.52 bits per heavy atom. The monoisotopic (exact) mass is 337 g/mol. The van der Waals surface area contributed by atoms with Crippen molar-refractivity contribution in [2.75, 3.05) is 19.5 Å². The van der Waals surface area contributed by atoms with Gasteiger partial charge in [0.05, 0.1) is 26.1 Å². The van der Waals surface area contributed by atoms with E-state index in [0.717, 1.165) is 6.42 Å². The fourth-order valence-corrected chi connectivity index (χ4v) is 2.99. The Kier molecular flexibility index (Phi) is 4.33. The van der Waals surface area contributed by atoms with E-state index in [2.05, 4.69) is 31.8 Å².